The van der Waals surface area contributed by atoms with Crippen LogP contribution in [0.4, 0.5) is 14.5 Å². The molecule has 0 aliphatic carbocycles. The molecular formula is C23H19F2N3O3S. The number of ether oxygens (including phenoxy) is 1. The van der Waals surface area contributed by atoms with Crippen LogP contribution in [0, 0.1) is 0 Å². The fraction of sp³-hybridized carbons (Fsp3) is 0.130. The first kappa shape index (κ1) is 21.5. The van der Waals surface area contributed by atoms with Crippen LogP contribution < -0.4 is 15.4 Å². The highest BCUT2D eigenvalue weighted by Crippen LogP contribution is 2.22. The van der Waals surface area contributed by atoms with Gasteiger partial charge in [-0.15, -0.1) is 11.3 Å². The fourth-order valence-electron chi connectivity index (χ4n) is 3.35. The number of aromatic nitrogens is 1. The van der Waals surface area contributed by atoms with E-state index in [1.54, 1.807) is 29.8 Å². The summed E-state index contributed by atoms with van der Waals surface area (Å²) in [6.45, 7) is -2.97. The number of fused-ring (bicyclic) bond motifs is 1. The van der Waals surface area contributed by atoms with Crippen LogP contribution in [-0.4, -0.2) is 29.5 Å². The van der Waals surface area contributed by atoms with Crippen molar-refractivity contribution in [3.8, 4) is 5.75 Å². The minimum Gasteiger partial charge on any atom is -0.435 e. The predicted molar refractivity (Wildman–Crippen MR) is 119 cm³/mol. The Morgan fingerprint density at radius 1 is 1.06 bits per heavy atom. The van der Waals surface area contributed by atoms with Crippen molar-refractivity contribution >= 4 is 39.7 Å². The van der Waals surface area contributed by atoms with Crippen LogP contribution >= 0.6 is 11.3 Å². The summed E-state index contributed by atoms with van der Waals surface area (Å²) < 4.78 is 29.4. The molecule has 6 nitrogen and oxygen atoms in total. The molecule has 0 saturated heterocycles. The second-order valence-corrected chi connectivity index (χ2v) is 7.91. The molecular weight excluding hydrogens is 436 g/mol. The summed E-state index contributed by atoms with van der Waals surface area (Å²) in [4.78, 5) is 29.4. The third-order valence-electron chi connectivity index (χ3n) is 4.79. The van der Waals surface area contributed by atoms with Gasteiger partial charge in [0.2, 0.25) is 5.91 Å². The van der Waals surface area contributed by atoms with Crippen LogP contribution in [0.25, 0.3) is 10.9 Å². The Morgan fingerprint density at radius 3 is 2.69 bits per heavy atom. The molecule has 0 fully saturated rings. The maximum atomic E-state index is 13.1. The summed E-state index contributed by atoms with van der Waals surface area (Å²) in [5, 5.41) is 8.19. The van der Waals surface area contributed by atoms with E-state index in [1.807, 2.05) is 24.3 Å². The van der Waals surface area contributed by atoms with Crippen LogP contribution in [0.2, 0.25) is 0 Å². The highest BCUT2D eigenvalue weighted by atomic mass is 32.1. The summed E-state index contributed by atoms with van der Waals surface area (Å²) in [5.41, 5.74) is 2.06. The maximum absolute atomic E-state index is 13.1. The molecule has 0 spiro atoms. The Bertz CT molecular complexity index is 1220. The van der Waals surface area contributed by atoms with Gasteiger partial charge in [-0.2, -0.15) is 8.78 Å². The van der Waals surface area contributed by atoms with Gasteiger partial charge in [-0.1, -0.05) is 30.3 Å². The van der Waals surface area contributed by atoms with Crippen molar-refractivity contribution in [2.24, 2.45) is 0 Å². The van der Waals surface area contributed by atoms with E-state index in [-0.39, 0.29) is 23.8 Å². The van der Waals surface area contributed by atoms with Gasteiger partial charge in [-0.05, 0) is 35.2 Å². The number of benzene rings is 2. The second kappa shape index (κ2) is 9.61. The number of hydrogen-bond acceptors (Lipinski definition) is 4. The second-order valence-electron chi connectivity index (χ2n) is 6.96. The van der Waals surface area contributed by atoms with Crippen molar-refractivity contribution in [1.82, 2.24) is 10.3 Å². The standard InChI is InChI=1S/C23H19F2N3O3S/c24-23(25)31-16-6-3-5-15(12-16)27-21(29)19(28-22(30)20-9-4-10-32-20)11-14-13-26-18-8-2-1-7-17(14)18/h1-10,12-13,19,23,26H,11H2,(H,27,29)(H,28,30). The largest absolute Gasteiger partial charge is 0.435 e. The SMILES string of the molecule is O=C(NC(Cc1c[nH]c2ccccc12)C(=O)Nc1cccc(OC(F)F)c1)c1cccs1. The zero-order valence-corrected chi connectivity index (χ0v) is 17.5. The number of anilines is 1. The van der Waals surface area contributed by atoms with Gasteiger partial charge in [0.05, 0.1) is 4.88 Å². The minimum atomic E-state index is -2.97. The highest BCUT2D eigenvalue weighted by molar-refractivity contribution is 7.12. The topological polar surface area (TPSA) is 83.2 Å². The smallest absolute Gasteiger partial charge is 0.387 e. The first-order valence-corrected chi connectivity index (χ1v) is 10.6. The van der Waals surface area contributed by atoms with Gasteiger partial charge in [0.15, 0.2) is 0 Å². The molecule has 0 saturated carbocycles. The van der Waals surface area contributed by atoms with Gasteiger partial charge in [0.25, 0.3) is 5.91 Å². The zero-order valence-electron chi connectivity index (χ0n) is 16.7. The van der Waals surface area contributed by atoms with Gasteiger partial charge in [0, 0.05) is 35.3 Å². The van der Waals surface area contributed by atoms with Crippen molar-refractivity contribution in [2.45, 2.75) is 19.1 Å². The molecule has 32 heavy (non-hydrogen) atoms. The Hall–Kier alpha value is -3.72. The number of carbonyl (C=O) groups excluding carboxylic acids is 2. The van der Waals surface area contributed by atoms with E-state index >= 15 is 0 Å². The molecule has 1 atom stereocenters. The summed E-state index contributed by atoms with van der Waals surface area (Å²) >= 11 is 1.27. The predicted octanol–water partition coefficient (Wildman–Crippen LogP) is 4.81. The number of aromatic amines is 1. The number of rotatable bonds is 8. The molecule has 2 aromatic heterocycles. The molecule has 0 radical (unpaired) electrons. The summed E-state index contributed by atoms with van der Waals surface area (Å²) in [7, 11) is 0. The molecule has 0 aliphatic heterocycles. The van der Waals surface area contributed by atoms with Gasteiger partial charge in [-0.3, -0.25) is 9.59 Å². The van der Waals surface area contributed by atoms with E-state index in [9.17, 15) is 18.4 Å². The number of amides is 2. The van der Waals surface area contributed by atoms with Crippen molar-refractivity contribution < 1.29 is 23.1 Å². The minimum absolute atomic E-state index is 0.0754. The van der Waals surface area contributed by atoms with E-state index in [0.717, 1.165) is 16.5 Å². The Kier molecular flexibility index (Phi) is 6.46. The van der Waals surface area contributed by atoms with Gasteiger partial charge in [-0.25, -0.2) is 0 Å². The lowest BCUT2D eigenvalue weighted by Crippen LogP contribution is -2.45. The lowest BCUT2D eigenvalue weighted by Gasteiger charge is -2.18. The lowest BCUT2D eigenvalue weighted by atomic mass is 10.0. The first-order chi connectivity index (χ1) is 15.5. The molecule has 164 valence electrons. The van der Waals surface area contributed by atoms with Gasteiger partial charge in [0.1, 0.15) is 11.8 Å². The van der Waals surface area contributed by atoms with Gasteiger partial charge < -0.3 is 20.4 Å². The van der Waals surface area contributed by atoms with E-state index in [0.29, 0.717) is 4.88 Å². The van der Waals surface area contributed by atoms with E-state index in [4.69, 9.17) is 0 Å². The van der Waals surface area contributed by atoms with Crippen molar-refractivity contribution in [1.29, 1.82) is 0 Å². The molecule has 9 heteroatoms. The molecule has 2 aromatic carbocycles. The number of hydrogen-bond donors (Lipinski definition) is 3. The fourth-order valence-corrected chi connectivity index (χ4v) is 3.97. The average Bonchev–Trinajstić information content (AvgIpc) is 3.44. The monoisotopic (exact) mass is 455 g/mol. The molecule has 4 rings (SSSR count). The summed E-state index contributed by atoms with van der Waals surface area (Å²) in [6.07, 6.45) is 2.04. The van der Waals surface area contributed by atoms with E-state index in [2.05, 4.69) is 20.4 Å². The van der Waals surface area contributed by atoms with Crippen LogP contribution in [-0.2, 0) is 11.2 Å². The third-order valence-corrected chi connectivity index (χ3v) is 5.66. The quantitative estimate of drug-likeness (QED) is 0.357. The van der Waals surface area contributed by atoms with Crippen LogP contribution in [0.3, 0.4) is 0 Å². The van der Waals surface area contributed by atoms with E-state index < -0.39 is 18.6 Å². The molecule has 0 aliphatic rings. The maximum Gasteiger partial charge on any atom is 0.387 e. The summed E-state index contributed by atoms with van der Waals surface area (Å²) in [5.74, 6) is -0.919. The number of thiophene rings is 1. The number of halogens is 2. The Labute approximate surface area is 186 Å². The molecule has 1 unspecified atom stereocenters. The lowest BCUT2D eigenvalue weighted by molar-refractivity contribution is -0.118. The van der Waals surface area contributed by atoms with E-state index in [1.165, 1.54) is 29.5 Å². The number of para-hydroxylation sites is 1. The third kappa shape index (κ3) is 5.12. The van der Waals surface area contributed by atoms with Gasteiger partial charge >= 0.3 is 6.61 Å². The van der Waals surface area contributed by atoms with Crippen LogP contribution in [0.5, 0.6) is 5.75 Å². The van der Waals surface area contributed by atoms with Crippen molar-refractivity contribution in [3.63, 3.8) is 0 Å². The molecule has 0 bridgehead atoms. The zero-order chi connectivity index (χ0) is 22.5. The van der Waals surface area contributed by atoms with Crippen molar-refractivity contribution in [3.05, 3.63) is 82.7 Å². The first-order valence-electron chi connectivity index (χ1n) is 9.74. The number of carbonyl (C=O) groups is 2. The number of alkyl halides is 2. The highest BCUT2D eigenvalue weighted by Gasteiger charge is 2.24. The summed E-state index contributed by atoms with van der Waals surface area (Å²) in [6, 6.07) is 15.9. The Balaban J connectivity index is 1.56. The Morgan fingerprint density at radius 2 is 1.91 bits per heavy atom. The molecule has 3 N–H and O–H groups in total. The molecule has 2 amide bonds. The van der Waals surface area contributed by atoms with Crippen LogP contribution in [0.1, 0.15) is 15.2 Å². The van der Waals surface area contributed by atoms with Crippen LogP contribution in [0.15, 0.2) is 72.2 Å². The molecule has 4 aromatic rings. The normalized spacial score (nSPS) is 12.0. The van der Waals surface area contributed by atoms with Crippen molar-refractivity contribution in [2.75, 3.05) is 5.32 Å². The average molecular weight is 455 g/mol. The number of H-pyrrole nitrogens is 1. The molecule has 2 heterocycles. The number of nitrogens with one attached hydrogen (secondary N) is 3.